The van der Waals surface area contributed by atoms with Crippen LogP contribution in [0.3, 0.4) is 0 Å². The molecule has 0 aromatic heterocycles. The zero-order chi connectivity index (χ0) is 51.1. The number of carboxylic acids is 1. The summed E-state index contributed by atoms with van der Waals surface area (Å²) in [4.78, 5) is 46.1. The van der Waals surface area contributed by atoms with Gasteiger partial charge in [0.15, 0.2) is 0 Å². The number of halogens is 5. The number of thiol groups is 1. The molecule has 0 bridgehead atoms. The largest absolute Gasteiger partial charge is 0.513 e. The van der Waals surface area contributed by atoms with Crippen LogP contribution in [0.25, 0.3) is 0 Å². The van der Waals surface area contributed by atoms with Gasteiger partial charge < -0.3 is 39.4 Å². The average molecular weight is 1090 g/mol. The van der Waals surface area contributed by atoms with Gasteiger partial charge in [-0.3, -0.25) is 9.59 Å². The highest BCUT2D eigenvalue weighted by atomic mass is 35.5. The van der Waals surface area contributed by atoms with Crippen molar-refractivity contribution >= 4 is 126 Å². The molecule has 6 rings (SSSR count). The van der Waals surface area contributed by atoms with Gasteiger partial charge in [-0.05, 0) is 89.0 Å². The predicted octanol–water partition coefficient (Wildman–Crippen LogP) is 15.1. The number of carbonyl (C=O) groups excluding carboxylic acids is 3. The molecule has 19 heteroatoms. The molecule has 70 heavy (non-hydrogen) atoms. The second kappa shape index (κ2) is 29.6. The van der Waals surface area contributed by atoms with Gasteiger partial charge in [-0.1, -0.05) is 139 Å². The summed E-state index contributed by atoms with van der Waals surface area (Å²) >= 11 is 34.2. The normalized spacial score (nSPS) is 10.5. The van der Waals surface area contributed by atoms with Crippen molar-refractivity contribution in [2.24, 2.45) is 0 Å². The molecule has 0 aliphatic heterocycles. The highest BCUT2D eigenvalue weighted by Gasteiger charge is 2.16. The van der Waals surface area contributed by atoms with Crippen LogP contribution in [-0.2, 0) is 49.1 Å². The fourth-order valence-corrected chi connectivity index (χ4v) is 7.72. The molecule has 12 nitrogen and oxygen atoms in total. The van der Waals surface area contributed by atoms with Crippen LogP contribution >= 0.6 is 70.6 Å². The number of ether oxygens (including phenoxy) is 5. The van der Waals surface area contributed by atoms with E-state index in [1.165, 1.54) is 0 Å². The number of hydrogen-bond acceptors (Lipinski definition) is 12. The molecule has 0 aliphatic carbocycles. The highest BCUT2D eigenvalue weighted by molar-refractivity contribution is 7.80. The summed E-state index contributed by atoms with van der Waals surface area (Å²) in [6.45, 7) is 7.36. The van der Waals surface area contributed by atoms with Gasteiger partial charge in [0.2, 0.25) is 0 Å². The number of rotatable bonds is 18. The van der Waals surface area contributed by atoms with Crippen LogP contribution in [0.2, 0.25) is 45.8 Å². The SMILES string of the molecule is C[Si](C)(C)CCOC(=O)Oc1ccc(CCl)cc1.O=C(Cc1ccccc1Nc1c(Cl)cccc1Cl)OCc1ccc(OC(=O)OCCS)cc1.O=C(O)Cc1ccccc1Nc1c(Cl)cccc1Cl. The fraction of sp³-hybridized carbons (Fsp3) is 0.216. The molecule has 0 radical (unpaired) electrons. The van der Waals surface area contributed by atoms with Crippen LogP contribution < -0.4 is 20.1 Å². The molecular weight excluding hydrogens is 1040 g/mol. The quantitative estimate of drug-likeness (QED) is 0.0161. The third-order valence-electron chi connectivity index (χ3n) is 9.34. The van der Waals surface area contributed by atoms with Crippen LogP contribution in [0.15, 0.2) is 133 Å². The standard InChI is InChI=1S/C24H21Cl2NO5S.C14H11Cl2NO2.C13H19ClO3Si/c25-19-5-3-6-20(26)23(19)27-21-7-2-1-4-17(21)14-22(28)31-15-16-8-10-18(11-9-16)32-24(29)30-12-13-33;15-10-5-3-6-11(16)14(10)17-12-7-2-1-4-9(12)8-13(18)19;1-18(2,3)9-8-16-13(15)17-12-6-4-11(10-14)5-7-12/h1-11,27,33H,12-15H2;1-7,17H,8H2,(H,18,19);4-7H,8-10H2,1-3H3. The van der Waals surface area contributed by atoms with E-state index in [-0.39, 0.29) is 26.1 Å². The first-order chi connectivity index (χ1) is 33.4. The lowest BCUT2D eigenvalue weighted by atomic mass is 10.1. The summed E-state index contributed by atoms with van der Waals surface area (Å²) in [5, 5.41) is 17.1. The molecule has 0 heterocycles. The zero-order valence-electron chi connectivity index (χ0n) is 38.3. The van der Waals surface area contributed by atoms with Crippen LogP contribution in [0.5, 0.6) is 11.5 Å². The molecule has 0 spiro atoms. The number of aliphatic carboxylic acids is 1. The fourth-order valence-electron chi connectivity index (χ4n) is 5.75. The molecule has 0 fully saturated rings. The van der Waals surface area contributed by atoms with E-state index in [1.807, 2.05) is 42.5 Å². The molecule has 6 aromatic carbocycles. The van der Waals surface area contributed by atoms with Crippen molar-refractivity contribution in [2.45, 2.75) is 51.0 Å². The number of alkyl halides is 1. The summed E-state index contributed by atoms with van der Waals surface area (Å²) in [6, 6.07) is 39.5. The number of anilines is 4. The van der Waals surface area contributed by atoms with Gasteiger partial charge in [-0.25, -0.2) is 9.59 Å². The summed E-state index contributed by atoms with van der Waals surface area (Å²) in [6.07, 6.45) is -1.45. The van der Waals surface area contributed by atoms with Gasteiger partial charge in [-0.15, -0.1) is 11.6 Å². The lowest BCUT2D eigenvalue weighted by Gasteiger charge is -2.15. The van der Waals surface area contributed by atoms with Crippen molar-refractivity contribution in [3.8, 4) is 11.5 Å². The Kier molecular flexibility index (Phi) is 24.1. The van der Waals surface area contributed by atoms with Crippen LogP contribution in [0.1, 0.15) is 22.3 Å². The Balaban J connectivity index is 0.000000246. The zero-order valence-corrected chi connectivity index (χ0v) is 44.0. The van der Waals surface area contributed by atoms with Crippen molar-refractivity contribution < 1.29 is 48.0 Å². The second-order valence-electron chi connectivity index (χ2n) is 16.0. The first kappa shape index (κ1) is 57.0. The topological polar surface area (TPSA) is 159 Å². The van der Waals surface area contributed by atoms with Gasteiger partial charge in [0, 0.05) is 31.1 Å². The highest BCUT2D eigenvalue weighted by Crippen LogP contribution is 2.35. The third kappa shape index (κ3) is 20.8. The van der Waals surface area contributed by atoms with Crippen LogP contribution in [0, 0.1) is 0 Å². The van der Waals surface area contributed by atoms with Gasteiger partial charge in [0.1, 0.15) is 24.7 Å². The second-order valence-corrected chi connectivity index (χ2v) is 24.0. The van der Waals surface area contributed by atoms with E-state index in [0.717, 1.165) is 22.7 Å². The van der Waals surface area contributed by atoms with Crippen LogP contribution in [0.4, 0.5) is 32.3 Å². The smallest absolute Gasteiger partial charge is 0.481 e. The van der Waals surface area contributed by atoms with Crippen molar-refractivity contribution in [2.75, 3.05) is 29.6 Å². The molecule has 0 atom stereocenters. The van der Waals surface area contributed by atoms with Crippen molar-refractivity contribution in [1.82, 2.24) is 0 Å². The van der Waals surface area contributed by atoms with Gasteiger partial charge in [-0.2, -0.15) is 12.6 Å². The summed E-state index contributed by atoms with van der Waals surface area (Å²) in [5.74, 6) is 0.369. The van der Waals surface area contributed by atoms with Gasteiger partial charge >= 0.3 is 24.2 Å². The molecule has 0 unspecified atom stereocenters. The molecule has 0 amide bonds. The molecule has 3 N–H and O–H groups in total. The lowest BCUT2D eigenvalue weighted by Crippen LogP contribution is -2.23. The minimum Gasteiger partial charge on any atom is -0.481 e. The number of para-hydroxylation sites is 4. The maximum absolute atomic E-state index is 12.4. The molecule has 0 saturated carbocycles. The van der Waals surface area contributed by atoms with E-state index in [9.17, 15) is 19.2 Å². The molecule has 370 valence electrons. The van der Waals surface area contributed by atoms with Crippen molar-refractivity contribution in [1.29, 1.82) is 0 Å². The van der Waals surface area contributed by atoms with E-state index >= 15 is 0 Å². The van der Waals surface area contributed by atoms with Crippen LogP contribution in [-0.4, -0.2) is 56.4 Å². The maximum Gasteiger partial charge on any atom is 0.513 e. The minimum absolute atomic E-state index is 0.0590. The molecule has 0 saturated heterocycles. The minimum atomic E-state index is -1.18. The Morgan fingerprint density at radius 1 is 0.557 bits per heavy atom. The monoisotopic (exact) mass is 1090 g/mol. The Bertz CT molecular complexity index is 2620. The third-order valence-corrected chi connectivity index (χ3v) is 12.8. The first-order valence-corrected chi connectivity index (χ1v) is 27.8. The van der Waals surface area contributed by atoms with Gasteiger partial charge in [0.25, 0.3) is 0 Å². The molecule has 6 aromatic rings. The average Bonchev–Trinajstić information content (AvgIpc) is 3.31. The van der Waals surface area contributed by atoms with Gasteiger partial charge in [0.05, 0.1) is 50.9 Å². The van der Waals surface area contributed by atoms with Crippen molar-refractivity contribution in [3.63, 3.8) is 0 Å². The summed E-state index contributed by atoms with van der Waals surface area (Å²) in [7, 11) is -1.18. The van der Waals surface area contributed by atoms with E-state index in [2.05, 4.69) is 42.9 Å². The van der Waals surface area contributed by atoms with E-state index in [1.54, 1.807) is 91.0 Å². The Hall–Kier alpha value is -5.58. The number of nitrogens with one attached hydrogen (secondary N) is 2. The molecular formula is C51H51Cl5N2O10SSi. The lowest BCUT2D eigenvalue weighted by molar-refractivity contribution is -0.144. The first-order valence-electron chi connectivity index (χ1n) is 21.4. The number of hydrogen-bond donors (Lipinski definition) is 4. The van der Waals surface area contributed by atoms with E-state index in [0.29, 0.717) is 78.1 Å². The maximum atomic E-state index is 12.4. The van der Waals surface area contributed by atoms with E-state index < -0.39 is 32.3 Å². The number of esters is 1. The van der Waals surface area contributed by atoms with Crippen molar-refractivity contribution in [3.05, 3.63) is 176 Å². The Morgan fingerprint density at radius 2 is 0.986 bits per heavy atom. The summed E-state index contributed by atoms with van der Waals surface area (Å²) in [5.41, 5.74) is 5.66. The number of carboxylic acid groups (broad SMARTS) is 1. The summed E-state index contributed by atoms with van der Waals surface area (Å²) < 4.78 is 25.3. The van der Waals surface area contributed by atoms with E-state index in [4.69, 9.17) is 86.8 Å². The Labute approximate surface area is 438 Å². The number of benzene rings is 6. The number of carbonyl (C=O) groups is 4. The Morgan fingerprint density at radius 3 is 1.41 bits per heavy atom. The predicted molar refractivity (Wildman–Crippen MR) is 286 cm³/mol. The molecule has 0 aliphatic rings.